The van der Waals surface area contributed by atoms with E-state index in [0.717, 1.165) is 22.3 Å². The highest BCUT2D eigenvalue weighted by Gasteiger charge is 2.55. The molecule has 6 heteroatoms. The first-order chi connectivity index (χ1) is 21.1. The highest BCUT2D eigenvalue weighted by Crippen LogP contribution is 2.38. The second-order valence-electron chi connectivity index (χ2n) is 11.0. The van der Waals surface area contributed by atoms with Crippen molar-refractivity contribution in [2.24, 2.45) is 0 Å². The van der Waals surface area contributed by atoms with Crippen LogP contribution in [0.15, 0.2) is 121 Å². The van der Waals surface area contributed by atoms with E-state index in [1.165, 1.54) is 0 Å². The fourth-order valence-electron chi connectivity index (χ4n) is 5.50. The Morgan fingerprint density at radius 3 is 1.47 bits per heavy atom. The van der Waals surface area contributed by atoms with Crippen LogP contribution >= 0.6 is 0 Å². The lowest BCUT2D eigenvalue weighted by Gasteiger charge is -2.50. The largest absolute Gasteiger partial charge is 0.374 e. The van der Waals surface area contributed by atoms with Crippen molar-refractivity contribution < 1.29 is 28.8 Å². The Balaban J connectivity index is 1.44. The molecule has 226 valence electrons. The molecule has 0 spiro atoms. The predicted octanol–water partition coefficient (Wildman–Crippen LogP) is 6.85. The van der Waals surface area contributed by atoms with Gasteiger partial charge in [-0.2, -0.15) is 0 Å². The minimum Gasteiger partial charge on any atom is -0.374 e. The number of rotatable bonds is 15. The molecule has 0 bridgehead atoms. The van der Waals surface area contributed by atoms with Gasteiger partial charge in [0.25, 0.3) is 0 Å². The van der Waals surface area contributed by atoms with E-state index < -0.39 is 30.2 Å². The predicted molar refractivity (Wildman–Crippen MR) is 166 cm³/mol. The molecule has 5 rings (SSSR count). The Kier molecular flexibility index (Phi) is 11.5. The van der Waals surface area contributed by atoms with Crippen LogP contribution in [0.4, 0.5) is 0 Å². The average Bonchev–Trinajstić information content (AvgIpc) is 3.05. The summed E-state index contributed by atoms with van der Waals surface area (Å²) in [7, 11) is 0. The molecule has 1 N–H and O–H groups in total. The lowest BCUT2D eigenvalue weighted by atomic mass is 9.89. The van der Waals surface area contributed by atoms with Gasteiger partial charge in [0.1, 0.15) is 24.4 Å². The van der Waals surface area contributed by atoms with Gasteiger partial charge >= 0.3 is 0 Å². The van der Waals surface area contributed by atoms with E-state index in [1.807, 2.05) is 128 Å². The molecule has 0 aromatic heterocycles. The lowest BCUT2D eigenvalue weighted by molar-refractivity contribution is -0.372. The van der Waals surface area contributed by atoms with Crippen molar-refractivity contribution in [1.82, 2.24) is 0 Å². The maximum absolute atomic E-state index is 12.1. The van der Waals surface area contributed by atoms with E-state index in [4.69, 9.17) is 23.7 Å². The van der Waals surface area contributed by atoms with E-state index in [-0.39, 0.29) is 6.61 Å². The van der Waals surface area contributed by atoms with E-state index in [9.17, 15) is 5.11 Å². The quantitative estimate of drug-likeness (QED) is 0.165. The Labute approximate surface area is 255 Å². The first-order valence-corrected chi connectivity index (χ1v) is 15.1. The first kappa shape index (κ1) is 31.1. The van der Waals surface area contributed by atoms with E-state index in [1.54, 1.807) is 0 Å². The van der Waals surface area contributed by atoms with Crippen LogP contribution in [0.5, 0.6) is 0 Å². The summed E-state index contributed by atoms with van der Waals surface area (Å²) in [5.74, 6) is -1.60. The van der Waals surface area contributed by atoms with Crippen molar-refractivity contribution in [3.05, 3.63) is 144 Å². The molecule has 5 atom stereocenters. The van der Waals surface area contributed by atoms with Crippen molar-refractivity contribution in [2.45, 2.75) is 76.4 Å². The molecule has 0 radical (unpaired) electrons. The van der Waals surface area contributed by atoms with Crippen molar-refractivity contribution in [3.63, 3.8) is 0 Å². The van der Waals surface area contributed by atoms with Gasteiger partial charge in [0, 0.05) is 6.42 Å². The topological polar surface area (TPSA) is 66.4 Å². The average molecular weight is 583 g/mol. The maximum atomic E-state index is 12.1. The van der Waals surface area contributed by atoms with Crippen LogP contribution in [0, 0.1) is 0 Å². The Morgan fingerprint density at radius 2 is 1.00 bits per heavy atom. The van der Waals surface area contributed by atoms with Crippen LogP contribution in [0.2, 0.25) is 0 Å². The highest BCUT2D eigenvalue weighted by atomic mass is 16.7. The SMILES string of the molecule is CCC[C@]1(O)O[C@H](COCc2ccccc2)[C@@H](OCc2ccccc2)[C@H](OCc2ccccc2)[C@H]1OCc1ccccc1. The van der Waals surface area contributed by atoms with Crippen LogP contribution in [0.3, 0.4) is 0 Å². The van der Waals surface area contributed by atoms with E-state index in [0.29, 0.717) is 39.3 Å². The summed E-state index contributed by atoms with van der Waals surface area (Å²) in [4.78, 5) is 0. The molecule has 0 aliphatic carbocycles. The smallest absolute Gasteiger partial charge is 0.195 e. The van der Waals surface area contributed by atoms with Gasteiger partial charge in [-0.05, 0) is 22.3 Å². The number of hydrogen-bond donors (Lipinski definition) is 1. The van der Waals surface area contributed by atoms with Gasteiger partial charge in [0.15, 0.2) is 5.79 Å². The fourth-order valence-corrected chi connectivity index (χ4v) is 5.50. The number of hydrogen-bond acceptors (Lipinski definition) is 6. The summed E-state index contributed by atoms with van der Waals surface area (Å²) in [6.45, 7) is 3.65. The fraction of sp³-hybridized carbons (Fsp3) is 0.351. The van der Waals surface area contributed by atoms with Gasteiger partial charge in [-0.25, -0.2) is 0 Å². The normalized spacial score (nSPS) is 23.7. The monoisotopic (exact) mass is 582 g/mol. The van der Waals surface area contributed by atoms with Crippen molar-refractivity contribution in [1.29, 1.82) is 0 Å². The summed E-state index contributed by atoms with van der Waals surface area (Å²) in [6, 6.07) is 40.0. The zero-order valence-electron chi connectivity index (χ0n) is 24.8. The number of ether oxygens (including phenoxy) is 5. The second-order valence-corrected chi connectivity index (χ2v) is 11.0. The maximum Gasteiger partial charge on any atom is 0.195 e. The van der Waals surface area contributed by atoms with Crippen LogP contribution in [-0.4, -0.2) is 41.9 Å². The van der Waals surface area contributed by atoms with Gasteiger partial charge in [0.2, 0.25) is 0 Å². The van der Waals surface area contributed by atoms with Crippen LogP contribution in [-0.2, 0) is 50.1 Å². The van der Waals surface area contributed by atoms with Gasteiger partial charge in [-0.3, -0.25) is 0 Å². The van der Waals surface area contributed by atoms with Crippen molar-refractivity contribution >= 4 is 0 Å². The molecule has 0 amide bonds. The number of benzene rings is 4. The minimum absolute atomic E-state index is 0.219. The van der Waals surface area contributed by atoms with Crippen molar-refractivity contribution in [2.75, 3.05) is 6.61 Å². The van der Waals surface area contributed by atoms with Gasteiger partial charge in [-0.1, -0.05) is 135 Å². The summed E-state index contributed by atoms with van der Waals surface area (Å²) < 4.78 is 32.5. The molecule has 43 heavy (non-hydrogen) atoms. The molecule has 6 nitrogen and oxygen atoms in total. The molecule has 1 heterocycles. The summed E-state index contributed by atoms with van der Waals surface area (Å²) in [6.07, 6.45) is -1.54. The summed E-state index contributed by atoms with van der Waals surface area (Å²) in [5.41, 5.74) is 4.11. The van der Waals surface area contributed by atoms with Crippen LogP contribution < -0.4 is 0 Å². The molecular formula is C37H42O6. The zero-order valence-corrected chi connectivity index (χ0v) is 24.8. The molecule has 1 fully saturated rings. The second kappa shape index (κ2) is 15.9. The highest BCUT2D eigenvalue weighted by molar-refractivity contribution is 5.16. The summed E-state index contributed by atoms with van der Waals surface area (Å²) >= 11 is 0. The van der Waals surface area contributed by atoms with Gasteiger partial charge in [0.05, 0.1) is 33.0 Å². The minimum atomic E-state index is -1.60. The third kappa shape index (κ3) is 8.83. The lowest BCUT2D eigenvalue weighted by Crippen LogP contribution is -2.67. The standard InChI is InChI=1S/C37H42O6/c1-2-23-37(38)36(42-27-32-21-13-6-14-22-32)35(41-26-31-19-11-5-12-20-31)34(40-25-30-17-9-4-10-18-30)33(43-37)28-39-24-29-15-7-3-8-16-29/h3-22,33-36,38H,2,23-28H2,1H3/t33-,34-,35+,36-,37+/m1/s1. The molecule has 0 saturated carbocycles. The Morgan fingerprint density at radius 1 is 0.581 bits per heavy atom. The van der Waals surface area contributed by atoms with Gasteiger partial charge < -0.3 is 28.8 Å². The first-order valence-electron chi connectivity index (χ1n) is 15.1. The molecule has 4 aromatic carbocycles. The third-order valence-electron chi connectivity index (χ3n) is 7.63. The van der Waals surface area contributed by atoms with E-state index in [2.05, 4.69) is 0 Å². The van der Waals surface area contributed by atoms with Gasteiger partial charge in [-0.15, -0.1) is 0 Å². The molecule has 1 saturated heterocycles. The molecule has 0 unspecified atom stereocenters. The molecule has 1 aliphatic heterocycles. The Hall–Kier alpha value is -3.36. The molecule has 1 aliphatic rings. The number of aliphatic hydroxyl groups is 1. The summed E-state index contributed by atoms with van der Waals surface area (Å²) in [5, 5.41) is 12.1. The van der Waals surface area contributed by atoms with Crippen LogP contribution in [0.1, 0.15) is 42.0 Å². The molecule has 4 aromatic rings. The third-order valence-corrected chi connectivity index (χ3v) is 7.63. The van der Waals surface area contributed by atoms with Crippen LogP contribution in [0.25, 0.3) is 0 Å². The van der Waals surface area contributed by atoms with Crippen molar-refractivity contribution in [3.8, 4) is 0 Å². The molecular weight excluding hydrogens is 540 g/mol. The zero-order chi connectivity index (χ0) is 29.7. The van der Waals surface area contributed by atoms with E-state index >= 15 is 0 Å². The Bertz CT molecular complexity index is 1320.